The van der Waals surface area contributed by atoms with Gasteiger partial charge in [-0.15, -0.1) is 0 Å². The van der Waals surface area contributed by atoms with Gasteiger partial charge in [0.2, 0.25) is 0 Å². The molecule has 0 bridgehead atoms. The smallest absolute Gasteiger partial charge is 0.0927 e. The zero-order valence-corrected chi connectivity index (χ0v) is 4.88. The Labute approximate surface area is 49.0 Å². The Morgan fingerprint density at radius 2 is 2.38 bits per heavy atom. The van der Waals surface area contributed by atoms with Crippen molar-refractivity contribution >= 4 is 0 Å². The van der Waals surface area contributed by atoms with Crippen molar-refractivity contribution in [2.45, 2.75) is 6.10 Å². The zero-order valence-electron chi connectivity index (χ0n) is 4.88. The van der Waals surface area contributed by atoms with Crippen LogP contribution in [0.25, 0.3) is 0 Å². The maximum absolute atomic E-state index is 8.75. The van der Waals surface area contributed by atoms with Gasteiger partial charge in [0.15, 0.2) is 0 Å². The third kappa shape index (κ3) is 3.80. The minimum absolute atomic E-state index is 0.288. The molecule has 0 aliphatic heterocycles. The van der Waals surface area contributed by atoms with E-state index in [1.54, 1.807) is 12.2 Å². The first-order valence-electron chi connectivity index (χ1n) is 2.65. The summed E-state index contributed by atoms with van der Waals surface area (Å²) in [5.41, 5.74) is 8.64. The molecule has 0 aliphatic rings. The molecule has 0 amide bonds. The third-order valence-corrected chi connectivity index (χ3v) is 0.766. The summed E-state index contributed by atoms with van der Waals surface area (Å²) in [5, 5.41) is 8.75. The van der Waals surface area contributed by atoms with Crippen LogP contribution in [0.3, 0.4) is 0 Å². The summed E-state index contributed by atoms with van der Waals surface area (Å²) in [6.07, 6.45) is 2.95. The van der Waals surface area contributed by atoms with Gasteiger partial charge >= 0.3 is 0 Å². The molecule has 0 heterocycles. The Hall–Kier alpha value is -0.380. The largest absolute Gasteiger partial charge is 0.388 e. The van der Waals surface area contributed by atoms with Crippen molar-refractivity contribution in [1.29, 1.82) is 0 Å². The molecule has 0 saturated carbocycles. The van der Waals surface area contributed by atoms with Crippen LogP contribution in [-0.2, 0) is 0 Å². The third-order valence-electron chi connectivity index (χ3n) is 0.766. The summed E-state index contributed by atoms with van der Waals surface area (Å²) in [7, 11) is 0. The van der Waals surface area contributed by atoms with Gasteiger partial charge in [-0.05, 0) is 6.08 Å². The fourth-order valence-electron chi connectivity index (χ4n) is 0.332. The predicted octanol–water partition coefficient (Wildman–Crippen LogP) is -1.90. The van der Waals surface area contributed by atoms with Crippen LogP contribution < -0.4 is 11.5 Å². The average molecular weight is 117 g/mol. The molecule has 1 atom stereocenters. The standard InChI is InChI=1S/C5H12N2O/c6-3-1-2-5(8)4-7/h1-2,5,8H,3-4,6-7H2/p+1/b2-1+. The molecule has 3 heteroatoms. The SMILES string of the molecule is NCC(O)/C=C/C[NH3+]. The van der Waals surface area contributed by atoms with Gasteiger partial charge in [0.1, 0.15) is 0 Å². The van der Waals surface area contributed by atoms with Crippen molar-refractivity contribution in [3.63, 3.8) is 0 Å². The summed E-state index contributed by atoms with van der Waals surface area (Å²) in [6.45, 7) is 0.994. The second kappa shape index (κ2) is 4.77. The van der Waals surface area contributed by atoms with Gasteiger partial charge in [0, 0.05) is 6.54 Å². The Morgan fingerprint density at radius 1 is 1.75 bits per heavy atom. The Bertz CT molecular complexity index is 72.8. The minimum Gasteiger partial charge on any atom is -0.388 e. The van der Waals surface area contributed by atoms with Gasteiger partial charge in [-0.3, -0.25) is 0 Å². The zero-order chi connectivity index (χ0) is 6.41. The lowest BCUT2D eigenvalue weighted by Crippen LogP contribution is -2.49. The lowest BCUT2D eigenvalue weighted by Gasteiger charge is -1.95. The van der Waals surface area contributed by atoms with Gasteiger partial charge in [0.25, 0.3) is 0 Å². The highest BCUT2D eigenvalue weighted by Crippen LogP contribution is 1.78. The lowest BCUT2D eigenvalue weighted by atomic mass is 10.3. The minimum atomic E-state index is -0.489. The first-order chi connectivity index (χ1) is 3.81. The van der Waals surface area contributed by atoms with Gasteiger partial charge in [-0.1, -0.05) is 6.08 Å². The topological polar surface area (TPSA) is 73.9 Å². The highest BCUT2D eigenvalue weighted by molar-refractivity contribution is 4.87. The fraction of sp³-hybridized carbons (Fsp3) is 0.600. The number of rotatable bonds is 3. The maximum atomic E-state index is 8.75. The van der Waals surface area contributed by atoms with Crippen molar-refractivity contribution in [1.82, 2.24) is 0 Å². The van der Waals surface area contributed by atoms with E-state index < -0.39 is 6.10 Å². The van der Waals surface area contributed by atoms with Gasteiger partial charge in [-0.2, -0.15) is 0 Å². The summed E-state index contributed by atoms with van der Waals surface area (Å²) >= 11 is 0. The number of nitrogens with two attached hydrogens (primary N) is 1. The van der Waals surface area contributed by atoms with Crippen LogP contribution in [0.5, 0.6) is 0 Å². The van der Waals surface area contributed by atoms with E-state index in [-0.39, 0.29) is 6.54 Å². The van der Waals surface area contributed by atoms with Gasteiger partial charge < -0.3 is 16.6 Å². The van der Waals surface area contributed by atoms with Crippen molar-refractivity contribution in [3.05, 3.63) is 12.2 Å². The molecule has 0 fully saturated rings. The molecular formula is C5H13N2O+. The van der Waals surface area contributed by atoms with E-state index >= 15 is 0 Å². The molecule has 0 spiro atoms. The molecule has 8 heavy (non-hydrogen) atoms. The molecule has 0 saturated heterocycles. The second-order valence-corrected chi connectivity index (χ2v) is 1.52. The van der Waals surface area contributed by atoms with Gasteiger partial charge in [-0.25, -0.2) is 0 Å². The molecule has 6 N–H and O–H groups in total. The fourth-order valence-corrected chi connectivity index (χ4v) is 0.332. The van der Waals surface area contributed by atoms with E-state index in [2.05, 4.69) is 5.73 Å². The van der Waals surface area contributed by atoms with E-state index in [1.807, 2.05) is 0 Å². The molecule has 0 aromatic carbocycles. The first kappa shape index (κ1) is 7.62. The van der Waals surface area contributed by atoms with Crippen molar-refractivity contribution in [3.8, 4) is 0 Å². The molecule has 0 aromatic rings. The number of aliphatic hydroxyl groups excluding tert-OH is 1. The summed E-state index contributed by atoms with van der Waals surface area (Å²) in [4.78, 5) is 0. The van der Waals surface area contributed by atoms with E-state index in [9.17, 15) is 0 Å². The van der Waals surface area contributed by atoms with E-state index in [0.29, 0.717) is 6.54 Å². The summed E-state index contributed by atoms with van der Waals surface area (Å²) in [6, 6.07) is 0. The van der Waals surface area contributed by atoms with Crippen LogP contribution >= 0.6 is 0 Å². The van der Waals surface area contributed by atoms with Crippen molar-refractivity contribution in [2.75, 3.05) is 13.1 Å². The average Bonchev–Trinajstić information content (AvgIpc) is 1.83. The highest BCUT2D eigenvalue weighted by Gasteiger charge is 1.89. The Morgan fingerprint density at radius 3 is 2.75 bits per heavy atom. The number of hydrogen-bond acceptors (Lipinski definition) is 2. The molecule has 1 unspecified atom stereocenters. The molecule has 48 valence electrons. The van der Waals surface area contributed by atoms with E-state index in [4.69, 9.17) is 10.8 Å². The number of aliphatic hydroxyl groups is 1. The Kier molecular flexibility index (Phi) is 4.54. The lowest BCUT2D eigenvalue weighted by molar-refractivity contribution is -0.352. The van der Waals surface area contributed by atoms with Crippen LogP contribution in [0.1, 0.15) is 0 Å². The first-order valence-corrected chi connectivity index (χ1v) is 2.65. The summed E-state index contributed by atoms with van der Waals surface area (Å²) in [5.74, 6) is 0. The second-order valence-electron chi connectivity index (χ2n) is 1.52. The molecular weight excluding hydrogens is 104 g/mol. The molecule has 0 radical (unpaired) electrons. The number of hydrogen-bond donors (Lipinski definition) is 3. The van der Waals surface area contributed by atoms with Crippen molar-refractivity contribution < 1.29 is 10.8 Å². The summed E-state index contributed by atoms with van der Waals surface area (Å²) < 4.78 is 0. The van der Waals surface area contributed by atoms with E-state index in [0.717, 1.165) is 0 Å². The van der Waals surface area contributed by atoms with Crippen LogP contribution in [0.2, 0.25) is 0 Å². The monoisotopic (exact) mass is 117 g/mol. The van der Waals surface area contributed by atoms with Crippen LogP contribution in [0, 0.1) is 0 Å². The highest BCUT2D eigenvalue weighted by atomic mass is 16.3. The van der Waals surface area contributed by atoms with E-state index in [1.165, 1.54) is 0 Å². The molecule has 0 aliphatic carbocycles. The quantitative estimate of drug-likeness (QED) is 0.378. The molecule has 3 nitrogen and oxygen atoms in total. The van der Waals surface area contributed by atoms with Crippen LogP contribution in [-0.4, -0.2) is 24.3 Å². The maximum Gasteiger partial charge on any atom is 0.0927 e. The Balaban J connectivity index is 3.21. The normalized spacial score (nSPS) is 14.9. The van der Waals surface area contributed by atoms with Crippen LogP contribution in [0.4, 0.5) is 0 Å². The van der Waals surface area contributed by atoms with Gasteiger partial charge in [0.05, 0.1) is 12.6 Å². The predicted molar refractivity (Wildman–Crippen MR) is 32.0 cm³/mol. The van der Waals surface area contributed by atoms with Crippen LogP contribution in [0.15, 0.2) is 12.2 Å². The number of quaternary nitrogens is 1. The van der Waals surface area contributed by atoms with Crippen molar-refractivity contribution in [2.24, 2.45) is 5.73 Å². The molecule has 0 aromatic heterocycles. The molecule has 0 rings (SSSR count).